The second-order valence-electron chi connectivity index (χ2n) is 8.03. The van der Waals surface area contributed by atoms with Gasteiger partial charge < -0.3 is 4.74 Å². The van der Waals surface area contributed by atoms with Gasteiger partial charge >= 0.3 is 6.09 Å². The monoisotopic (exact) mass is 424 g/mol. The third-order valence-electron chi connectivity index (χ3n) is 6.01. The molecule has 160 valence electrons. The van der Waals surface area contributed by atoms with E-state index in [9.17, 15) is 9.59 Å². The number of fused-ring (bicyclic) bond motifs is 1. The van der Waals surface area contributed by atoms with E-state index in [4.69, 9.17) is 4.74 Å². The van der Waals surface area contributed by atoms with Crippen LogP contribution in [0.4, 0.5) is 4.79 Å². The highest BCUT2D eigenvalue weighted by Crippen LogP contribution is 2.32. The first kappa shape index (κ1) is 20.1. The lowest BCUT2D eigenvalue weighted by molar-refractivity contribution is 0.0679. The van der Waals surface area contributed by atoms with E-state index in [2.05, 4.69) is 0 Å². The molecule has 5 nitrogen and oxygen atoms in total. The van der Waals surface area contributed by atoms with Crippen LogP contribution in [0.3, 0.4) is 0 Å². The maximum Gasteiger partial charge on any atom is 0.410 e. The van der Waals surface area contributed by atoms with Crippen molar-refractivity contribution in [3.05, 3.63) is 96.7 Å². The van der Waals surface area contributed by atoms with Gasteiger partial charge in [0.2, 0.25) is 0 Å². The molecule has 0 unspecified atom stereocenters. The first-order valence-corrected chi connectivity index (χ1v) is 10.9. The molecule has 32 heavy (non-hydrogen) atoms. The quantitative estimate of drug-likeness (QED) is 0.419. The Balaban J connectivity index is 1.41. The topological polar surface area (TPSA) is 51.5 Å². The smallest absolute Gasteiger partial charge is 0.410 e. The van der Waals surface area contributed by atoms with Gasteiger partial charge in [-0.15, -0.1) is 0 Å². The Morgan fingerprint density at radius 1 is 0.875 bits per heavy atom. The van der Waals surface area contributed by atoms with Gasteiger partial charge in [-0.3, -0.25) is 14.3 Å². The summed E-state index contributed by atoms with van der Waals surface area (Å²) in [6, 6.07) is 27.0. The maximum atomic E-state index is 13.6. The largest absolute Gasteiger partial charge is 0.445 e. The molecule has 0 aliphatic carbocycles. The molecule has 0 radical (unpaired) electrons. The van der Waals surface area contributed by atoms with E-state index in [0.29, 0.717) is 13.0 Å². The molecular formula is C27H24N2O3. The molecule has 1 aromatic heterocycles. The van der Waals surface area contributed by atoms with Crippen molar-refractivity contribution in [2.24, 2.45) is 0 Å². The van der Waals surface area contributed by atoms with Gasteiger partial charge in [0, 0.05) is 23.7 Å². The van der Waals surface area contributed by atoms with Crippen molar-refractivity contribution < 1.29 is 14.3 Å². The summed E-state index contributed by atoms with van der Waals surface area (Å²) in [5.74, 6) is -0.0995. The first-order chi connectivity index (χ1) is 15.7. The molecule has 1 amide bonds. The first-order valence-electron chi connectivity index (χ1n) is 10.9. The third kappa shape index (κ3) is 3.78. The molecule has 2 heterocycles. The lowest BCUT2D eigenvalue weighted by Gasteiger charge is -2.23. The van der Waals surface area contributed by atoms with Crippen LogP contribution in [0, 0.1) is 0 Å². The van der Waals surface area contributed by atoms with Gasteiger partial charge in [0.25, 0.3) is 5.91 Å². The summed E-state index contributed by atoms with van der Waals surface area (Å²) in [5.41, 5.74) is 3.83. The summed E-state index contributed by atoms with van der Waals surface area (Å²) in [4.78, 5) is 28.0. The number of aromatic nitrogens is 1. The maximum absolute atomic E-state index is 13.6. The lowest BCUT2D eigenvalue weighted by atomic mass is 10.1. The Bertz CT molecular complexity index is 1250. The predicted octanol–water partition coefficient (Wildman–Crippen LogP) is 5.75. The average Bonchev–Trinajstić information content (AvgIpc) is 3.49. The minimum absolute atomic E-state index is 0.0995. The molecular weight excluding hydrogens is 400 g/mol. The molecule has 5 rings (SSSR count). The fourth-order valence-electron chi connectivity index (χ4n) is 4.41. The number of ether oxygens (including phenoxy) is 1. The fraction of sp³-hybridized carbons (Fsp3) is 0.185. The summed E-state index contributed by atoms with van der Waals surface area (Å²) < 4.78 is 7.22. The number of carbonyl (C=O) groups excluding carboxylic acids is 2. The fourth-order valence-corrected chi connectivity index (χ4v) is 4.41. The van der Waals surface area contributed by atoms with Crippen molar-refractivity contribution in [1.82, 2.24) is 9.47 Å². The van der Waals surface area contributed by atoms with Crippen LogP contribution in [0.2, 0.25) is 0 Å². The van der Waals surface area contributed by atoms with Crippen molar-refractivity contribution in [3.8, 4) is 11.1 Å². The Morgan fingerprint density at radius 2 is 1.56 bits per heavy atom. The molecule has 1 aliphatic heterocycles. The van der Waals surface area contributed by atoms with E-state index in [-0.39, 0.29) is 12.5 Å². The van der Waals surface area contributed by atoms with Crippen LogP contribution in [0.25, 0.3) is 22.0 Å². The van der Waals surface area contributed by atoms with Crippen molar-refractivity contribution in [2.75, 3.05) is 6.54 Å². The molecule has 0 N–H and O–H groups in total. The normalized spacial score (nSPS) is 15.8. The summed E-state index contributed by atoms with van der Waals surface area (Å²) in [7, 11) is 0. The van der Waals surface area contributed by atoms with Crippen molar-refractivity contribution in [2.45, 2.75) is 25.5 Å². The second-order valence-corrected chi connectivity index (χ2v) is 8.03. The van der Waals surface area contributed by atoms with E-state index >= 15 is 0 Å². The number of benzene rings is 3. The van der Waals surface area contributed by atoms with E-state index in [1.165, 1.54) is 0 Å². The van der Waals surface area contributed by atoms with Crippen LogP contribution in [-0.2, 0) is 11.3 Å². The van der Waals surface area contributed by atoms with E-state index in [1.54, 1.807) is 9.47 Å². The van der Waals surface area contributed by atoms with Crippen LogP contribution >= 0.6 is 0 Å². The number of rotatable bonds is 4. The predicted molar refractivity (Wildman–Crippen MR) is 124 cm³/mol. The van der Waals surface area contributed by atoms with Crippen LogP contribution in [0.5, 0.6) is 0 Å². The van der Waals surface area contributed by atoms with Crippen LogP contribution in [-0.4, -0.2) is 34.1 Å². The molecule has 1 fully saturated rings. The molecule has 1 atom stereocenters. The van der Waals surface area contributed by atoms with Gasteiger partial charge in [0.1, 0.15) is 12.6 Å². The highest BCUT2D eigenvalue weighted by Gasteiger charge is 2.36. The van der Waals surface area contributed by atoms with Gasteiger partial charge in [-0.1, -0.05) is 78.9 Å². The molecule has 0 spiro atoms. The zero-order valence-corrected chi connectivity index (χ0v) is 17.7. The summed E-state index contributed by atoms with van der Waals surface area (Å²) in [6.45, 7) is 0.719. The molecule has 3 aromatic carbocycles. The average molecular weight is 425 g/mol. The molecule has 0 saturated carbocycles. The molecule has 5 heteroatoms. The molecule has 1 aliphatic rings. The van der Waals surface area contributed by atoms with E-state index in [1.807, 2.05) is 91.1 Å². The van der Waals surface area contributed by atoms with Gasteiger partial charge in [0.15, 0.2) is 0 Å². The standard InChI is InChI=1S/C27H24N2O3/c30-26(25-16-9-17-28(25)27(31)32-19-20-10-3-1-4-11-20)29-18-23(21-12-5-2-6-13-21)22-14-7-8-15-24(22)29/h1-8,10-15,18,25H,9,16-17,19H2/t25-/m0/s1. The summed E-state index contributed by atoms with van der Waals surface area (Å²) in [6.07, 6.45) is 2.87. The third-order valence-corrected chi connectivity index (χ3v) is 6.01. The van der Waals surface area contributed by atoms with Gasteiger partial charge in [-0.25, -0.2) is 4.79 Å². The molecule has 0 bridgehead atoms. The Labute approximate surface area is 186 Å². The number of nitrogens with zero attached hydrogens (tertiary/aromatic N) is 2. The van der Waals surface area contributed by atoms with Gasteiger partial charge in [-0.2, -0.15) is 0 Å². The minimum atomic E-state index is -0.530. The Hall–Kier alpha value is -3.86. The number of hydrogen-bond donors (Lipinski definition) is 0. The Kier molecular flexibility index (Phi) is 5.46. The van der Waals surface area contributed by atoms with Crippen LogP contribution in [0.1, 0.15) is 23.2 Å². The number of hydrogen-bond acceptors (Lipinski definition) is 3. The Morgan fingerprint density at radius 3 is 2.34 bits per heavy atom. The molecule has 4 aromatic rings. The number of amides is 1. The second kappa shape index (κ2) is 8.71. The number of likely N-dealkylation sites (tertiary alicyclic amines) is 1. The molecule has 1 saturated heterocycles. The zero-order valence-electron chi connectivity index (χ0n) is 17.7. The van der Waals surface area contributed by atoms with Crippen molar-refractivity contribution in [3.63, 3.8) is 0 Å². The number of para-hydroxylation sites is 1. The SMILES string of the molecule is O=C(OCc1ccccc1)N1CCC[C@H]1C(=O)n1cc(-c2ccccc2)c2ccccc21. The lowest BCUT2D eigenvalue weighted by Crippen LogP contribution is -2.42. The van der Waals surface area contributed by atoms with Gasteiger partial charge in [0.05, 0.1) is 5.52 Å². The summed E-state index contributed by atoms with van der Waals surface area (Å²) in [5, 5.41) is 1.02. The highest BCUT2D eigenvalue weighted by molar-refractivity contribution is 6.03. The van der Waals surface area contributed by atoms with E-state index < -0.39 is 12.1 Å². The van der Waals surface area contributed by atoms with Crippen molar-refractivity contribution in [1.29, 1.82) is 0 Å². The van der Waals surface area contributed by atoms with E-state index in [0.717, 1.165) is 34.0 Å². The number of carbonyl (C=O) groups is 2. The minimum Gasteiger partial charge on any atom is -0.445 e. The van der Waals surface area contributed by atoms with Crippen molar-refractivity contribution >= 4 is 22.9 Å². The highest BCUT2D eigenvalue weighted by atomic mass is 16.6. The zero-order chi connectivity index (χ0) is 21.9. The van der Waals surface area contributed by atoms with Gasteiger partial charge in [-0.05, 0) is 30.0 Å². The van der Waals surface area contributed by atoms with Crippen LogP contribution in [0.15, 0.2) is 91.1 Å². The summed E-state index contributed by atoms with van der Waals surface area (Å²) >= 11 is 0. The van der Waals surface area contributed by atoms with Crippen LogP contribution < -0.4 is 0 Å².